The number of hydrogen-bond acceptors (Lipinski definition) is 2. The number of aryl methyl sites for hydroxylation is 1. The highest BCUT2D eigenvalue weighted by atomic mass is 127. The Balaban J connectivity index is 1.48. The zero-order valence-corrected chi connectivity index (χ0v) is 28.6. The van der Waals surface area contributed by atoms with E-state index in [2.05, 4.69) is 139 Å². The number of benzene rings is 4. The Kier molecular flexibility index (Phi) is 11.4. The summed E-state index contributed by atoms with van der Waals surface area (Å²) in [5, 5.41) is 7.79. The van der Waals surface area contributed by atoms with Crippen molar-refractivity contribution in [3.63, 3.8) is 0 Å². The molecule has 2 N–H and O–H groups in total. The SMILES string of the molecule is CCCCCCCCNC1(c2cccc(-c3ccc(NCCCCCC)cc3)c2)c2cc(C)ccc2-c2ccc(I)cc21. The molecule has 3 heteroatoms. The van der Waals surface area contributed by atoms with Gasteiger partial charge >= 0.3 is 0 Å². The van der Waals surface area contributed by atoms with Gasteiger partial charge in [-0.2, -0.15) is 0 Å². The van der Waals surface area contributed by atoms with E-state index in [0.29, 0.717) is 0 Å². The zero-order chi connectivity index (χ0) is 30.1. The van der Waals surface area contributed by atoms with Crippen LogP contribution in [0.1, 0.15) is 100 Å². The number of nitrogens with one attached hydrogen (secondary N) is 2. The van der Waals surface area contributed by atoms with E-state index < -0.39 is 0 Å². The van der Waals surface area contributed by atoms with Gasteiger partial charge in [0.25, 0.3) is 0 Å². The summed E-state index contributed by atoms with van der Waals surface area (Å²) < 4.78 is 1.28. The van der Waals surface area contributed by atoms with Gasteiger partial charge in [-0.15, -0.1) is 0 Å². The van der Waals surface area contributed by atoms with Crippen molar-refractivity contribution in [3.8, 4) is 22.3 Å². The van der Waals surface area contributed by atoms with Crippen molar-refractivity contribution in [1.29, 1.82) is 0 Å². The zero-order valence-electron chi connectivity index (χ0n) is 26.4. The third-order valence-electron chi connectivity index (χ3n) is 9.05. The first-order valence-electron chi connectivity index (χ1n) is 16.7. The lowest BCUT2D eigenvalue weighted by Gasteiger charge is -2.35. The Hall–Kier alpha value is -2.63. The normalized spacial score (nSPS) is 15.3. The van der Waals surface area contributed by atoms with Gasteiger partial charge in [-0.05, 0) is 118 Å². The molecule has 0 bridgehead atoms. The molecule has 5 rings (SSSR count). The molecule has 2 nitrogen and oxygen atoms in total. The molecule has 0 saturated heterocycles. The van der Waals surface area contributed by atoms with Gasteiger partial charge in [-0.3, -0.25) is 5.32 Å². The number of fused-ring (bicyclic) bond motifs is 3. The second-order valence-corrected chi connectivity index (χ2v) is 13.6. The predicted molar refractivity (Wildman–Crippen MR) is 195 cm³/mol. The van der Waals surface area contributed by atoms with E-state index in [9.17, 15) is 0 Å². The maximum atomic E-state index is 4.18. The van der Waals surface area contributed by atoms with Gasteiger partial charge in [-0.1, -0.05) is 125 Å². The molecule has 1 aliphatic carbocycles. The van der Waals surface area contributed by atoms with Gasteiger partial charge in [0, 0.05) is 15.8 Å². The molecule has 0 fully saturated rings. The summed E-state index contributed by atoms with van der Waals surface area (Å²) in [6.07, 6.45) is 12.9. The van der Waals surface area contributed by atoms with E-state index in [-0.39, 0.29) is 5.54 Å². The first kappa shape index (κ1) is 31.8. The van der Waals surface area contributed by atoms with E-state index in [0.717, 1.165) is 13.1 Å². The highest BCUT2D eigenvalue weighted by Crippen LogP contribution is 2.52. The Morgan fingerprint density at radius 2 is 1.26 bits per heavy atom. The molecule has 226 valence electrons. The van der Waals surface area contributed by atoms with Crippen LogP contribution in [0, 0.1) is 10.5 Å². The van der Waals surface area contributed by atoms with Crippen LogP contribution in [0.25, 0.3) is 22.3 Å². The molecule has 1 unspecified atom stereocenters. The molecule has 0 amide bonds. The fourth-order valence-corrected chi connectivity index (χ4v) is 7.18. The molecule has 0 aliphatic heterocycles. The molecule has 1 atom stereocenters. The second kappa shape index (κ2) is 15.4. The van der Waals surface area contributed by atoms with Crippen LogP contribution in [-0.4, -0.2) is 13.1 Å². The average molecular weight is 685 g/mol. The van der Waals surface area contributed by atoms with Crippen LogP contribution in [0.3, 0.4) is 0 Å². The van der Waals surface area contributed by atoms with E-state index >= 15 is 0 Å². The summed E-state index contributed by atoms with van der Waals surface area (Å²) in [6, 6.07) is 32.3. The lowest BCUT2D eigenvalue weighted by atomic mass is 9.79. The maximum Gasteiger partial charge on any atom is 0.0960 e. The molecule has 0 aromatic heterocycles. The van der Waals surface area contributed by atoms with E-state index in [1.54, 1.807) is 0 Å². The highest BCUT2D eigenvalue weighted by Gasteiger charge is 2.44. The number of rotatable bonds is 16. The summed E-state index contributed by atoms with van der Waals surface area (Å²) >= 11 is 2.48. The van der Waals surface area contributed by atoms with E-state index in [1.807, 2.05) is 0 Å². The average Bonchev–Trinajstić information content (AvgIpc) is 3.29. The topological polar surface area (TPSA) is 24.1 Å². The smallest absolute Gasteiger partial charge is 0.0960 e. The van der Waals surface area contributed by atoms with Crippen molar-refractivity contribution in [2.75, 3.05) is 18.4 Å². The monoisotopic (exact) mass is 684 g/mol. The van der Waals surface area contributed by atoms with E-state index in [1.165, 1.54) is 118 Å². The van der Waals surface area contributed by atoms with Crippen molar-refractivity contribution >= 4 is 28.3 Å². The first-order chi connectivity index (χ1) is 21.1. The minimum atomic E-state index is -0.378. The van der Waals surface area contributed by atoms with Crippen LogP contribution in [0.2, 0.25) is 0 Å². The fourth-order valence-electron chi connectivity index (χ4n) is 6.69. The summed E-state index contributed by atoms with van der Waals surface area (Å²) in [5.41, 5.74) is 11.5. The number of unbranched alkanes of at least 4 members (excludes halogenated alkanes) is 8. The summed E-state index contributed by atoms with van der Waals surface area (Å²) in [6.45, 7) is 8.81. The summed E-state index contributed by atoms with van der Waals surface area (Å²) in [5.74, 6) is 0. The van der Waals surface area contributed by atoms with Gasteiger partial charge in [0.15, 0.2) is 0 Å². The van der Waals surface area contributed by atoms with Crippen LogP contribution in [0.15, 0.2) is 84.9 Å². The number of anilines is 1. The molecule has 0 radical (unpaired) electrons. The fraction of sp³-hybridized carbons (Fsp3) is 0.400. The molecule has 1 aliphatic rings. The Labute approximate surface area is 274 Å². The van der Waals surface area contributed by atoms with Crippen molar-refractivity contribution in [2.45, 2.75) is 90.5 Å². The lowest BCUT2D eigenvalue weighted by Crippen LogP contribution is -2.43. The van der Waals surface area contributed by atoms with Crippen LogP contribution in [0.5, 0.6) is 0 Å². The van der Waals surface area contributed by atoms with Gasteiger partial charge in [0.1, 0.15) is 0 Å². The number of hydrogen-bond donors (Lipinski definition) is 2. The van der Waals surface area contributed by atoms with E-state index in [4.69, 9.17) is 0 Å². The number of halogens is 1. The summed E-state index contributed by atoms with van der Waals surface area (Å²) in [7, 11) is 0. The Morgan fingerprint density at radius 1 is 0.605 bits per heavy atom. The largest absolute Gasteiger partial charge is 0.385 e. The van der Waals surface area contributed by atoms with Gasteiger partial charge in [-0.25, -0.2) is 0 Å². The molecule has 0 spiro atoms. The lowest BCUT2D eigenvalue weighted by molar-refractivity contribution is 0.463. The molecule has 4 aromatic carbocycles. The minimum Gasteiger partial charge on any atom is -0.385 e. The quantitative estimate of drug-likeness (QED) is 0.0907. The molecule has 0 heterocycles. The molecule has 0 saturated carbocycles. The molecular formula is C40H49IN2. The minimum absolute atomic E-state index is 0.378. The molecular weight excluding hydrogens is 635 g/mol. The van der Waals surface area contributed by atoms with Crippen LogP contribution in [-0.2, 0) is 5.54 Å². The highest BCUT2D eigenvalue weighted by molar-refractivity contribution is 14.1. The van der Waals surface area contributed by atoms with Crippen LogP contribution < -0.4 is 10.6 Å². The molecule has 43 heavy (non-hydrogen) atoms. The maximum absolute atomic E-state index is 4.18. The summed E-state index contributed by atoms with van der Waals surface area (Å²) in [4.78, 5) is 0. The first-order valence-corrected chi connectivity index (χ1v) is 17.8. The Bertz CT molecular complexity index is 1420. The van der Waals surface area contributed by atoms with Crippen LogP contribution >= 0.6 is 22.6 Å². The van der Waals surface area contributed by atoms with Crippen LogP contribution in [0.4, 0.5) is 5.69 Å². The van der Waals surface area contributed by atoms with Gasteiger partial charge in [0.05, 0.1) is 5.54 Å². The van der Waals surface area contributed by atoms with Gasteiger partial charge < -0.3 is 5.32 Å². The van der Waals surface area contributed by atoms with Gasteiger partial charge in [0.2, 0.25) is 0 Å². The second-order valence-electron chi connectivity index (χ2n) is 12.3. The Morgan fingerprint density at radius 3 is 2.02 bits per heavy atom. The standard InChI is InChI=1S/C40H49IN2/c1-4-6-8-10-11-13-26-43-40(38-27-30(3)17-23-36(38)37-24-20-34(41)29-39(37)40)33-16-14-15-32(28-33)31-18-21-35(22-19-31)42-25-12-9-7-5-2/h14-24,27-29,42-43H,4-13,25-26H2,1-3H3. The van der Waals surface area contributed by atoms with Crippen molar-refractivity contribution in [2.24, 2.45) is 0 Å². The predicted octanol–water partition coefficient (Wildman–Crippen LogP) is 11.5. The third-order valence-corrected chi connectivity index (χ3v) is 9.72. The van der Waals surface area contributed by atoms with Crippen molar-refractivity contribution < 1.29 is 0 Å². The molecule has 4 aromatic rings. The third kappa shape index (κ3) is 7.37. The van der Waals surface area contributed by atoms with Crippen molar-refractivity contribution in [1.82, 2.24) is 5.32 Å². The van der Waals surface area contributed by atoms with Crippen molar-refractivity contribution in [3.05, 3.63) is 111 Å².